The Labute approximate surface area is 583 Å². The third kappa shape index (κ3) is 21.5. The highest BCUT2D eigenvalue weighted by Gasteiger charge is 2.20. The molecule has 0 atom stereocenters. The summed E-state index contributed by atoms with van der Waals surface area (Å²) < 4.78 is 82.2. The van der Waals surface area contributed by atoms with Crippen LogP contribution >= 0.6 is 0 Å². The van der Waals surface area contributed by atoms with E-state index in [0.717, 1.165) is 54.9 Å². The molecule has 0 aliphatic carbocycles. The average Bonchev–Trinajstić information content (AvgIpc) is 0.755. The fourth-order valence-corrected chi connectivity index (χ4v) is 10.7. The number of hydrogen-bond donors (Lipinski definition) is 0. The third-order valence-corrected chi connectivity index (χ3v) is 15.6. The van der Waals surface area contributed by atoms with Crippen LogP contribution in [-0.4, -0.2) is 146 Å². The van der Waals surface area contributed by atoms with E-state index in [0.29, 0.717) is 174 Å². The van der Waals surface area contributed by atoms with Crippen molar-refractivity contribution in [3.63, 3.8) is 0 Å². The van der Waals surface area contributed by atoms with Crippen LogP contribution in [0.25, 0.3) is 54.9 Å². The van der Waals surface area contributed by atoms with Crippen molar-refractivity contribution in [3.05, 3.63) is 217 Å². The molecule has 100 heavy (non-hydrogen) atoms. The zero-order valence-corrected chi connectivity index (χ0v) is 56.3. The van der Waals surface area contributed by atoms with Gasteiger partial charge < -0.3 is 66.3 Å². The molecule has 10 aromatic rings. The Balaban J connectivity index is 0.837. The van der Waals surface area contributed by atoms with Crippen molar-refractivity contribution in [3.8, 4) is 91.6 Å². The number of azo groups is 2. The Bertz CT molecular complexity index is 4150. The second-order valence-electron chi connectivity index (χ2n) is 22.5. The monoisotopic (exact) mass is 1340 g/mol. The molecule has 18 heteroatoms. The molecule has 4 bridgehead atoms. The normalized spacial score (nSPS) is 12.3. The molecule has 0 radical (unpaired) electrons. The van der Waals surface area contributed by atoms with Gasteiger partial charge in [0.05, 0.1) is 104 Å². The number of ether oxygens (including phenoxy) is 14. The van der Waals surface area contributed by atoms with E-state index in [9.17, 15) is 0 Å². The molecule has 18 nitrogen and oxygen atoms in total. The van der Waals surface area contributed by atoms with E-state index < -0.39 is 0 Å². The zero-order valence-electron chi connectivity index (χ0n) is 56.3. The van der Waals surface area contributed by atoms with E-state index in [2.05, 4.69) is 60.1 Å². The highest BCUT2D eigenvalue weighted by atomic mass is 16.6. The van der Waals surface area contributed by atoms with Crippen LogP contribution in [0.2, 0.25) is 0 Å². The molecule has 0 fully saturated rings. The molecule has 1 heterocycles. The first-order chi connectivity index (χ1) is 49.5. The van der Waals surface area contributed by atoms with Gasteiger partial charge in [-0.25, -0.2) is 0 Å². The van der Waals surface area contributed by atoms with Gasteiger partial charge >= 0.3 is 0 Å². The van der Waals surface area contributed by atoms with Crippen LogP contribution in [0.4, 0.5) is 22.7 Å². The Kier molecular flexibility index (Phi) is 27.8. The highest BCUT2D eigenvalue weighted by molar-refractivity contribution is 6.09. The van der Waals surface area contributed by atoms with Crippen LogP contribution < -0.4 is 28.4 Å². The molecule has 512 valence electrons. The lowest BCUT2D eigenvalue weighted by Gasteiger charge is -2.20. The standard InChI is InChI=1S/C82H80N4O14/c1-87-37-39-89-41-43-91-45-47-93-49-51-95-71-29-21-63(22-30-71)67-27-33-77-75(59-67)85-83-69-17-9-13-61(57-69)11-3-4-12-62-14-10-18-70(58-62)84-86-76-60-68(64-23-31-72(32-24-64)96-52-50-94-48-46-92-44-42-90-40-38-88-2)28-34-78(76)98-54-56-100-80-36-26-66-16-6-8-20-74(66)82(80)81-73-19-7-5-15-65(73)25-35-79(81)99-55-53-97-77/h5-10,13-36,57-60H,37-56H2,1-2H3. The fraction of sp³-hybridized carbons (Fsp3) is 0.268. The van der Waals surface area contributed by atoms with Crippen molar-refractivity contribution in [2.75, 3.05) is 146 Å². The van der Waals surface area contributed by atoms with Gasteiger partial charge in [-0.3, -0.25) is 0 Å². The molecule has 0 N–H and O–H groups in total. The van der Waals surface area contributed by atoms with Crippen LogP contribution in [0.15, 0.2) is 227 Å². The number of rotatable bonds is 28. The maximum Gasteiger partial charge on any atom is 0.147 e. The summed E-state index contributed by atoms with van der Waals surface area (Å²) in [6.45, 7) is 8.44. The minimum Gasteiger partial charge on any atom is -0.491 e. The van der Waals surface area contributed by atoms with Gasteiger partial charge in [0.1, 0.15) is 85.5 Å². The molecule has 0 aromatic heterocycles. The largest absolute Gasteiger partial charge is 0.491 e. The highest BCUT2D eigenvalue weighted by Crippen LogP contribution is 2.46. The molecule has 10 aromatic carbocycles. The molecule has 1 aliphatic rings. The van der Waals surface area contributed by atoms with Crippen molar-refractivity contribution in [2.24, 2.45) is 20.5 Å². The molecular formula is C82H80N4O14. The van der Waals surface area contributed by atoms with Crippen LogP contribution in [0, 0.1) is 23.7 Å². The van der Waals surface area contributed by atoms with Crippen molar-refractivity contribution < 1.29 is 66.3 Å². The topological polar surface area (TPSA) is 179 Å². The minimum absolute atomic E-state index is 0.181. The van der Waals surface area contributed by atoms with Gasteiger partial charge in [0.15, 0.2) is 0 Å². The predicted octanol–water partition coefficient (Wildman–Crippen LogP) is 16.6. The molecule has 0 spiro atoms. The summed E-state index contributed by atoms with van der Waals surface area (Å²) in [6, 6.07) is 67.3. The van der Waals surface area contributed by atoms with Gasteiger partial charge in [0, 0.05) is 36.5 Å². The summed E-state index contributed by atoms with van der Waals surface area (Å²) in [5, 5.41) is 23.1. The van der Waals surface area contributed by atoms with E-state index in [-0.39, 0.29) is 26.4 Å². The number of fused-ring (bicyclic) bond motifs is 13. The van der Waals surface area contributed by atoms with E-state index in [1.165, 1.54) is 0 Å². The van der Waals surface area contributed by atoms with Crippen LogP contribution in [0.5, 0.6) is 34.5 Å². The Hall–Kier alpha value is -10.5. The summed E-state index contributed by atoms with van der Waals surface area (Å²) >= 11 is 0. The molecule has 0 amide bonds. The second kappa shape index (κ2) is 39.2. The maximum absolute atomic E-state index is 6.81. The van der Waals surface area contributed by atoms with Gasteiger partial charge in [0.2, 0.25) is 0 Å². The van der Waals surface area contributed by atoms with Gasteiger partial charge in [-0.2, -0.15) is 10.2 Å². The number of benzene rings is 10. The van der Waals surface area contributed by atoms with Crippen LogP contribution in [0.1, 0.15) is 11.1 Å². The summed E-state index contributed by atoms with van der Waals surface area (Å²) in [5.41, 5.74) is 9.11. The maximum atomic E-state index is 6.81. The summed E-state index contributed by atoms with van der Waals surface area (Å²) in [6.07, 6.45) is 0. The second-order valence-corrected chi connectivity index (χ2v) is 22.5. The van der Waals surface area contributed by atoms with E-state index in [1.807, 2.05) is 170 Å². The Morgan fingerprint density at radius 3 is 1.06 bits per heavy atom. The van der Waals surface area contributed by atoms with Gasteiger partial charge in [0.25, 0.3) is 0 Å². The SMILES string of the molecule is COCCOCCOCCOCCOc1ccc(-c2ccc3c(c2)N=Nc2cccc(c2)C#CC#Cc2cccc(c2)N=Nc2cc(-c4ccc(OCCOCCOCCOCCOC)cc4)ccc2OCCOc2ccc4ccccc4c2-c2c(ccc4ccccc24)OCCO3)cc1. The lowest BCUT2D eigenvalue weighted by molar-refractivity contribution is 0.000164. The summed E-state index contributed by atoms with van der Waals surface area (Å²) in [5.74, 6) is 16.2. The number of hydrogen-bond acceptors (Lipinski definition) is 18. The molecule has 0 unspecified atom stereocenters. The predicted molar refractivity (Wildman–Crippen MR) is 387 cm³/mol. The van der Waals surface area contributed by atoms with E-state index in [4.69, 9.17) is 86.8 Å². The van der Waals surface area contributed by atoms with Crippen molar-refractivity contribution >= 4 is 44.3 Å². The number of methoxy groups -OCH3 is 2. The lowest BCUT2D eigenvalue weighted by Crippen LogP contribution is -2.13. The number of nitrogens with zero attached hydrogens (tertiary/aromatic N) is 4. The third-order valence-electron chi connectivity index (χ3n) is 15.6. The fourth-order valence-electron chi connectivity index (χ4n) is 10.7. The van der Waals surface area contributed by atoms with Crippen molar-refractivity contribution in [1.29, 1.82) is 0 Å². The van der Waals surface area contributed by atoms with Gasteiger partial charge in [-0.1, -0.05) is 121 Å². The Morgan fingerprint density at radius 2 is 0.660 bits per heavy atom. The first-order valence-corrected chi connectivity index (χ1v) is 33.3. The quantitative estimate of drug-likeness (QED) is 0.0334. The van der Waals surface area contributed by atoms with Gasteiger partial charge in [-0.15, -0.1) is 10.2 Å². The lowest BCUT2D eigenvalue weighted by atomic mass is 9.92. The molecule has 0 saturated heterocycles. The Morgan fingerprint density at radius 1 is 0.310 bits per heavy atom. The summed E-state index contributed by atoms with van der Waals surface area (Å²) in [7, 11) is 3.29. The molecular weight excluding hydrogens is 1260 g/mol. The first kappa shape index (κ1) is 70.8. The van der Waals surface area contributed by atoms with Crippen LogP contribution in [-0.2, 0) is 37.9 Å². The molecule has 1 aliphatic heterocycles. The molecule has 11 rings (SSSR count). The van der Waals surface area contributed by atoms with Crippen LogP contribution in [0.3, 0.4) is 0 Å². The smallest absolute Gasteiger partial charge is 0.147 e. The summed E-state index contributed by atoms with van der Waals surface area (Å²) in [4.78, 5) is 0. The van der Waals surface area contributed by atoms with E-state index in [1.54, 1.807) is 14.2 Å². The van der Waals surface area contributed by atoms with Crippen molar-refractivity contribution in [2.45, 2.75) is 0 Å². The first-order valence-electron chi connectivity index (χ1n) is 33.3. The average molecular weight is 1350 g/mol. The van der Waals surface area contributed by atoms with Gasteiger partial charge in [-0.05, 0) is 153 Å². The zero-order chi connectivity index (χ0) is 68.4. The minimum atomic E-state index is 0.181. The molecule has 0 saturated carbocycles. The van der Waals surface area contributed by atoms with E-state index >= 15 is 0 Å². The van der Waals surface area contributed by atoms with Crippen molar-refractivity contribution in [1.82, 2.24) is 0 Å².